The Labute approximate surface area is 103 Å². The average molecular weight is 225 g/mol. The van der Waals surface area contributed by atoms with Crippen molar-refractivity contribution in [3.63, 3.8) is 0 Å². The van der Waals surface area contributed by atoms with Crippen molar-refractivity contribution in [2.75, 3.05) is 0 Å². The van der Waals surface area contributed by atoms with Crippen LogP contribution in [0.1, 0.15) is 55.4 Å². The van der Waals surface area contributed by atoms with Crippen molar-refractivity contribution in [3.8, 4) is 0 Å². The summed E-state index contributed by atoms with van der Waals surface area (Å²) >= 11 is 0. The number of pyridine rings is 1. The molecule has 1 aromatic heterocycles. The summed E-state index contributed by atoms with van der Waals surface area (Å²) in [5, 5.41) is 0. The van der Waals surface area contributed by atoms with Crippen LogP contribution in [-0.2, 0) is 0 Å². The molecular formula is C15H31N. The second-order valence-corrected chi connectivity index (χ2v) is 4.49. The Balaban J connectivity index is -0.000000152. The third-order valence-corrected chi connectivity index (χ3v) is 0.566. The maximum Gasteiger partial charge on any atom is 0.0267 e. The Kier molecular flexibility index (Phi) is 25.3. The van der Waals surface area contributed by atoms with Crippen molar-refractivity contribution in [1.82, 2.24) is 4.98 Å². The molecule has 0 N–H and O–H groups in total. The van der Waals surface area contributed by atoms with Crippen LogP contribution in [0.25, 0.3) is 0 Å². The highest BCUT2D eigenvalue weighted by Crippen LogP contribution is 1.81. The highest BCUT2D eigenvalue weighted by atomic mass is 14.6. The van der Waals surface area contributed by atoms with E-state index in [1.807, 2.05) is 32.0 Å². The lowest BCUT2D eigenvalue weighted by Gasteiger charge is -1.79. The van der Waals surface area contributed by atoms with E-state index in [1.165, 1.54) is 0 Å². The van der Waals surface area contributed by atoms with Crippen molar-refractivity contribution < 1.29 is 0 Å². The van der Waals surface area contributed by atoms with E-state index in [-0.39, 0.29) is 0 Å². The van der Waals surface area contributed by atoms with Gasteiger partial charge >= 0.3 is 0 Å². The topological polar surface area (TPSA) is 12.9 Å². The van der Waals surface area contributed by atoms with Gasteiger partial charge in [-0.15, -0.1) is 0 Å². The van der Waals surface area contributed by atoms with E-state index in [9.17, 15) is 0 Å². The predicted octanol–water partition coefficient (Wildman–Crippen LogP) is 5.43. The molecule has 16 heavy (non-hydrogen) atoms. The van der Waals surface area contributed by atoms with Gasteiger partial charge < -0.3 is 0 Å². The summed E-state index contributed by atoms with van der Waals surface area (Å²) in [4.78, 5) is 3.78. The smallest absolute Gasteiger partial charge is 0.0267 e. The SMILES string of the molecule is CC.CC(C)C.CC(C)C.c1ccncc1. The van der Waals surface area contributed by atoms with Crippen molar-refractivity contribution in [2.45, 2.75) is 55.4 Å². The Morgan fingerprint density at radius 1 is 0.625 bits per heavy atom. The number of hydrogen-bond acceptors (Lipinski definition) is 1. The zero-order valence-electron chi connectivity index (χ0n) is 12.5. The predicted molar refractivity (Wildman–Crippen MR) is 76.6 cm³/mol. The molecule has 1 rings (SSSR count). The van der Waals surface area contributed by atoms with Gasteiger partial charge in [0.05, 0.1) is 0 Å². The average Bonchev–Trinajstić information content (AvgIpc) is 2.22. The second kappa shape index (κ2) is 19.7. The molecule has 0 aliphatic carbocycles. The monoisotopic (exact) mass is 225 g/mol. The molecule has 0 unspecified atom stereocenters. The van der Waals surface area contributed by atoms with Crippen LogP contribution in [0.15, 0.2) is 30.6 Å². The first-order valence-corrected chi connectivity index (χ1v) is 6.31. The fourth-order valence-corrected chi connectivity index (χ4v) is 0.313. The molecule has 0 aliphatic rings. The molecule has 0 bridgehead atoms. The first-order valence-electron chi connectivity index (χ1n) is 6.31. The van der Waals surface area contributed by atoms with Crippen molar-refractivity contribution in [1.29, 1.82) is 0 Å². The lowest BCUT2D eigenvalue weighted by Crippen LogP contribution is -1.66. The van der Waals surface area contributed by atoms with Gasteiger partial charge in [0.1, 0.15) is 0 Å². The van der Waals surface area contributed by atoms with Gasteiger partial charge in [0.15, 0.2) is 0 Å². The molecule has 0 spiro atoms. The molecule has 1 aromatic rings. The van der Waals surface area contributed by atoms with Crippen LogP contribution < -0.4 is 0 Å². The zero-order valence-corrected chi connectivity index (χ0v) is 12.5. The van der Waals surface area contributed by atoms with Crippen LogP contribution in [0, 0.1) is 11.8 Å². The van der Waals surface area contributed by atoms with E-state index in [4.69, 9.17) is 0 Å². The van der Waals surface area contributed by atoms with Gasteiger partial charge in [-0.1, -0.05) is 61.5 Å². The number of hydrogen-bond donors (Lipinski definition) is 0. The molecule has 1 heteroatoms. The quantitative estimate of drug-likeness (QED) is 0.573. The van der Waals surface area contributed by atoms with Gasteiger partial charge in [-0.2, -0.15) is 0 Å². The minimum absolute atomic E-state index is 0.833. The normalized spacial score (nSPS) is 7.88. The number of aromatic nitrogens is 1. The summed E-state index contributed by atoms with van der Waals surface area (Å²) < 4.78 is 0. The van der Waals surface area contributed by atoms with Gasteiger partial charge in [-0.25, -0.2) is 0 Å². The minimum atomic E-state index is 0.833. The van der Waals surface area contributed by atoms with E-state index in [0.717, 1.165) is 11.8 Å². The first kappa shape index (κ1) is 20.5. The van der Waals surface area contributed by atoms with E-state index in [0.29, 0.717) is 0 Å². The highest BCUT2D eigenvalue weighted by molar-refractivity contribution is 4.88. The lowest BCUT2D eigenvalue weighted by atomic mass is 10.3. The van der Waals surface area contributed by atoms with E-state index in [2.05, 4.69) is 46.5 Å². The van der Waals surface area contributed by atoms with Crippen LogP contribution in [0.4, 0.5) is 0 Å². The second-order valence-electron chi connectivity index (χ2n) is 4.49. The molecule has 0 atom stereocenters. The maximum atomic E-state index is 3.78. The zero-order chi connectivity index (χ0) is 13.4. The molecule has 1 heterocycles. The van der Waals surface area contributed by atoms with E-state index in [1.54, 1.807) is 12.4 Å². The summed E-state index contributed by atoms with van der Waals surface area (Å²) in [5.74, 6) is 1.67. The standard InChI is InChI=1S/C5H5N.2C4H10.C2H6/c1-2-4-6-5-3-1;2*1-4(2)3;1-2/h1-5H;2*4H,1-3H3;1-2H3. The Hall–Kier alpha value is -0.850. The van der Waals surface area contributed by atoms with Crippen LogP contribution in [0.5, 0.6) is 0 Å². The van der Waals surface area contributed by atoms with Crippen LogP contribution in [0.3, 0.4) is 0 Å². The summed E-state index contributed by atoms with van der Waals surface area (Å²) in [7, 11) is 0. The fourth-order valence-electron chi connectivity index (χ4n) is 0.313. The fraction of sp³-hybridized carbons (Fsp3) is 0.667. The summed E-state index contributed by atoms with van der Waals surface area (Å²) in [6, 6.07) is 5.72. The van der Waals surface area contributed by atoms with Crippen LogP contribution in [0.2, 0.25) is 0 Å². The molecule has 96 valence electrons. The van der Waals surface area contributed by atoms with Crippen molar-refractivity contribution in [3.05, 3.63) is 30.6 Å². The molecule has 0 amide bonds. The Morgan fingerprint density at radius 2 is 0.875 bits per heavy atom. The largest absolute Gasteiger partial charge is 0.265 e. The van der Waals surface area contributed by atoms with Crippen molar-refractivity contribution in [2.24, 2.45) is 11.8 Å². The molecule has 0 fully saturated rings. The lowest BCUT2D eigenvalue weighted by molar-refractivity contribution is 0.736. The van der Waals surface area contributed by atoms with Gasteiger partial charge in [0.2, 0.25) is 0 Å². The van der Waals surface area contributed by atoms with E-state index < -0.39 is 0 Å². The highest BCUT2D eigenvalue weighted by Gasteiger charge is 1.68. The molecule has 0 saturated heterocycles. The van der Waals surface area contributed by atoms with Gasteiger partial charge in [0, 0.05) is 12.4 Å². The summed E-state index contributed by atoms with van der Waals surface area (Å²) in [6.07, 6.45) is 3.50. The third kappa shape index (κ3) is 73.2. The molecule has 0 aromatic carbocycles. The van der Waals surface area contributed by atoms with Crippen molar-refractivity contribution >= 4 is 0 Å². The van der Waals surface area contributed by atoms with Gasteiger partial charge in [0.25, 0.3) is 0 Å². The van der Waals surface area contributed by atoms with Gasteiger partial charge in [-0.3, -0.25) is 4.98 Å². The first-order chi connectivity index (χ1) is 7.46. The molecule has 1 nitrogen and oxygen atoms in total. The molecule has 0 radical (unpaired) electrons. The number of nitrogens with zero attached hydrogens (tertiary/aromatic N) is 1. The van der Waals surface area contributed by atoms with Gasteiger partial charge in [-0.05, 0) is 24.0 Å². The summed E-state index contributed by atoms with van der Waals surface area (Å²) in [5.41, 5.74) is 0. The molecule has 0 saturated carbocycles. The van der Waals surface area contributed by atoms with Crippen LogP contribution >= 0.6 is 0 Å². The Morgan fingerprint density at radius 3 is 0.938 bits per heavy atom. The molecule has 0 aliphatic heterocycles. The Bertz CT molecular complexity index is 130. The third-order valence-electron chi connectivity index (χ3n) is 0.566. The number of rotatable bonds is 0. The summed E-state index contributed by atoms with van der Waals surface area (Å²) in [6.45, 7) is 17.0. The van der Waals surface area contributed by atoms with Crippen LogP contribution in [-0.4, -0.2) is 4.98 Å². The van der Waals surface area contributed by atoms with E-state index >= 15 is 0 Å². The molecular weight excluding hydrogens is 194 g/mol. The minimum Gasteiger partial charge on any atom is -0.265 e. The maximum absolute atomic E-state index is 3.78.